The number of imide groups is 1. The van der Waals surface area contributed by atoms with Gasteiger partial charge in [-0.1, -0.05) is 48.0 Å². The number of benzene rings is 1. The van der Waals surface area contributed by atoms with Crippen LogP contribution in [-0.4, -0.2) is 47.3 Å². The van der Waals surface area contributed by atoms with Crippen molar-refractivity contribution in [1.82, 2.24) is 15.1 Å². The molecule has 26 heavy (non-hydrogen) atoms. The summed E-state index contributed by atoms with van der Waals surface area (Å²) in [6.45, 7) is 7.04. The largest absolute Gasteiger partial charge is 0.341 e. The first kappa shape index (κ1) is 18.9. The van der Waals surface area contributed by atoms with E-state index in [9.17, 15) is 14.4 Å². The van der Waals surface area contributed by atoms with E-state index in [1.807, 2.05) is 18.2 Å². The van der Waals surface area contributed by atoms with Crippen molar-refractivity contribution < 1.29 is 14.4 Å². The first-order valence-corrected chi connectivity index (χ1v) is 9.68. The number of piperidine rings is 1. The van der Waals surface area contributed by atoms with E-state index < -0.39 is 17.5 Å². The SMILES string of the molecule is CC1CC(C)CN(C(=O)CN2C(=O)NC(C)(c3ccccc3Br)C2=O)C1. The summed E-state index contributed by atoms with van der Waals surface area (Å²) in [6, 6.07) is 6.75. The molecule has 1 N–H and O–H groups in total. The van der Waals surface area contributed by atoms with Crippen molar-refractivity contribution in [3.05, 3.63) is 34.3 Å². The van der Waals surface area contributed by atoms with Gasteiger partial charge in [0.25, 0.3) is 5.91 Å². The quantitative estimate of drug-likeness (QED) is 0.762. The van der Waals surface area contributed by atoms with Gasteiger partial charge in [-0.3, -0.25) is 14.5 Å². The third-order valence-electron chi connectivity index (χ3n) is 5.20. The lowest BCUT2D eigenvalue weighted by atomic mass is 9.91. The van der Waals surface area contributed by atoms with Crippen LogP contribution < -0.4 is 5.32 Å². The monoisotopic (exact) mass is 421 g/mol. The first-order valence-electron chi connectivity index (χ1n) is 8.89. The van der Waals surface area contributed by atoms with Crippen LogP contribution >= 0.6 is 15.9 Å². The summed E-state index contributed by atoms with van der Waals surface area (Å²) in [4.78, 5) is 40.9. The second-order valence-corrected chi connectivity index (χ2v) is 8.53. The lowest BCUT2D eigenvalue weighted by molar-refractivity contribution is -0.140. The molecule has 1 aromatic carbocycles. The van der Waals surface area contributed by atoms with Gasteiger partial charge in [0.05, 0.1) is 0 Å². The number of carbonyl (C=O) groups excluding carboxylic acids is 3. The van der Waals surface area contributed by atoms with Crippen molar-refractivity contribution >= 4 is 33.8 Å². The van der Waals surface area contributed by atoms with Gasteiger partial charge >= 0.3 is 6.03 Å². The van der Waals surface area contributed by atoms with Gasteiger partial charge in [-0.2, -0.15) is 0 Å². The Morgan fingerprint density at radius 2 is 1.85 bits per heavy atom. The number of likely N-dealkylation sites (tertiary alicyclic amines) is 1. The molecule has 0 saturated carbocycles. The molecule has 2 fully saturated rings. The van der Waals surface area contributed by atoms with E-state index in [-0.39, 0.29) is 12.5 Å². The Labute approximate surface area is 162 Å². The fourth-order valence-electron chi connectivity index (χ4n) is 3.99. The van der Waals surface area contributed by atoms with E-state index in [1.54, 1.807) is 17.9 Å². The van der Waals surface area contributed by atoms with Crippen LogP contribution in [0, 0.1) is 11.8 Å². The number of hydrogen-bond donors (Lipinski definition) is 1. The molecule has 3 atom stereocenters. The molecule has 6 nitrogen and oxygen atoms in total. The molecule has 140 valence electrons. The zero-order valence-corrected chi connectivity index (χ0v) is 16.9. The Morgan fingerprint density at radius 3 is 2.46 bits per heavy atom. The number of hydrogen-bond acceptors (Lipinski definition) is 3. The third kappa shape index (κ3) is 3.37. The topological polar surface area (TPSA) is 69.7 Å². The van der Waals surface area contributed by atoms with Gasteiger partial charge < -0.3 is 10.2 Å². The van der Waals surface area contributed by atoms with Gasteiger partial charge in [0.15, 0.2) is 0 Å². The van der Waals surface area contributed by atoms with Crippen LogP contribution in [0.4, 0.5) is 4.79 Å². The Morgan fingerprint density at radius 1 is 1.23 bits per heavy atom. The molecule has 2 saturated heterocycles. The van der Waals surface area contributed by atoms with Crippen molar-refractivity contribution in [2.75, 3.05) is 19.6 Å². The maximum Gasteiger partial charge on any atom is 0.325 e. The van der Waals surface area contributed by atoms with Crippen molar-refractivity contribution in [2.45, 2.75) is 32.7 Å². The summed E-state index contributed by atoms with van der Waals surface area (Å²) in [5.74, 6) is 0.275. The lowest BCUT2D eigenvalue weighted by Gasteiger charge is -2.35. The molecule has 0 aromatic heterocycles. The second-order valence-electron chi connectivity index (χ2n) is 7.67. The summed E-state index contributed by atoms with van der Waals surface area (Å²) in [5.41, 5.74) is -0.506. The fraction of sp³-hybridized carbons (Fsp3) is 0.526. The predicted octanol–water partition coefficient (Wildman–Crippen LogP) is 2.72. The first-order chi connectivity index (χ1) is 12.2. The number of amides is 4. The van der Waals surface area contributed by atoms with E-state index in [0.29, 0.717) is 30.5 Å². The smallest absolute Gasteiger partial charge is 0.325 e. The zero-order valence-electron chi connectivity index (χ0n) is 15.3. The van der Waals surface area contributed by atoms with Gasteiger partial charge in [-0.15, -0.1) is 0 Å². The summed E-state index contributed by atoms with van der Waals surface area (Å²) < 4.78 is 0.739. The minimum Gasteiger partial charge on any atom is -0.341 e. The number of rotatable bonds is 3. The number of carbonyl (C=O) groups is 3. The van der Waals surface area contributed by atoms with Crippen LogP contribution in [0.25, 0.3) is 0 Å². The van der Waals surface area contributed by atoms with E-state index in [1.165, 1.54) is 0 Å². The van der Waals surface area contributed by atoms with E-state index in [0.717, 1.165) is 15.8 Å². The standard InChI is InChI=1S/C19H24BrN3O3/c1-12-8-13(2)10-22(9-12)16(24)11-23-17(25)19(3,21-18(23)26)14-6-4-5-7-15(14)20/h4-7,12-13H,8-11H2,1-3H3,(H,21,26). The Kier molecular flexibility index (Phi) is 5.10. The summed E-state index contributed by atoms with van der Waals surface area (Å²) in [5, 5.41) is 2.75. The summed E-state index contributed by atoms with van der Waals surface area (Å²) in [6.07, 6.45) is 1.09. The molecular formula is C19H24BrN3O3. The van der Waals surface area contributed by atoms with Crippen LogP contribution in [0.3, 0.4) is 0 Å². The molecule has 0 aliphatic carbocycles. The molecule has 1 aromatic rings. The number of urea groups is 1. The van der Waals surface area contributed by atoms with Gasteiger partial charge in [-0.25, -0.2) is 4.79 Å². The second kappa shape index (κ2) is 7.02. The number of nitrogens with one attached hydrogen (secondary N) is 1. The maximum absolute atomic E-state index is 13.0. The van der Waals surface area contributed by atoms with Crippen LogP contribution in [0.1, 0.15) is 32.8 Å². The normalized spacial score (nSPS) is 29.1. The van der Waals surface area contributed by atoms with Gasteiger partial charge in [0, 0.05) is 23.1 Å². The third-order valence-corrected chi connectivity index (χ3v) is 5.89. The number of nitrogens with zero attached hydrogens (tertiary/aromatic N) is 2. The molecule has 3 rings (SSSR count). The van der Waals surface area contributed by atoms with Crippen LogP contribution in [0.2, 0.25) is 0 Å². The molecule has 0 radical (unpaired) electrons. The lowest BCUT2D eigenvalue weighted by Crippen LogP contribution is -2.48. The molecule has 0 bridgehead atoms. The molecule has 3 unspecified atom stereocenters. The van der Waals surface area contributed by atoms with E-state index >= 15 is 0 Å². The van der Waals surface area contributed by atoms with Crippen LogP contribution in [0.15, 0.2) is 28.7 Å². The average molecular weight is 422 g/mol. The highest BCUT2D eigenvalue weighted by molar-refractivity contribution is 9.10. The minimum absolute atomic E-state index is 0.178. The van der Waals surface area contributed by atoms with Gasteiger partial charge in [0.2, 0.25) is 5.91 Å². The number of halogens is 1. The Bertz CT molecular complexity index is 743. The zero-order chi connectivity index (χ0) is 19.1. The van der Waals surface area contributed by atoms with Crippen LogP contribution in [-0.2, 0) is 15.1 Å². The molecule has 4 amide bonds. The molecule has 7 heteroatoms. The fourth-order valence-corrected chi connectivity index (χ4v) is 4.67. The predicted molar refractivity (Wildman–Crippen MR) is 101 cm³/mol. The Hall–Kier alpha value is -1.89. The van der Waals surface area contributed by atoms with E-state index in [4.69, 9.17) is 0 Å². The molecule has 2 heterocycles. The molecule has 2 aliphatic rings. The van der Waals surface area contributed by atoms with Crippen molar-refractivity contribution in [3.63, 3.8) is 0 Å². The van der Waals surface area contributed by atoms with Crippen molar-refractivity contribution in [1.29, 1.82) is 0 Å². The average Bonchev–Trinajstić information content (AvgIpc) is 2.78. The highest BCUT2D eigenvalue weighted by Crippen LogP contribution is 2.33. The van der Waals surface area contributed by atoms with Crippen LogP contribution in [0.5, 0.6) is 0 Å². The Balaban J connectivity index is 1.77. The highest BCUT2D eigenvalue weighted by atomic mass is 79.9. The highest BCUT2D eigenvalue weighted by Gasteiger charge is 2.50. The molecular weight excluding hydrogens is 398 g/mol. The molecule has 2 aliphatic heterocycles. The summed E-state index contributed by atoms with van der Waals surface area (Å²) in [7, 11) is 0. The van der Waals surface area contributed by atoms with Crippen molar-refractivity contribution in [3.8, 4) is 0 Å². The maximum atomic E-state index is 13.0. The van der Waals surface area contributed by atoms with Gasteiger partial charge in [-0.05, 0) is 31.2 Å². The van der Waals surface area contributed by atoms with Crippen molar-refractivity contribution in [2.24, 2.45) is 11.8 Å². The van der Waals surface area contributed by atoms with E-state index in [2.05, 4.69) is 35.1 Å². The minimum atomic E-state index is -1.18. The van der Waals surface area contributed by atoms with Gasteiger partial charge in [0.1, 0.15) is 12.1 Å². The summed E-state index contributed by atoms with van der Waals surface area (Å²) >= 11 is 3.44. The molecule has 0 spiro atoms.